The Kier molecular flexibility index (Phi) is 8.36. The first-order valence-corrected chi connectivity index (χ1v) is 10.7. The summed E-state index contributed by atoms with van der Waals surface area (Å²) in [4.78, 5) is 35.0. The molecule has 0 fully saturated rings. The maximum atomic E-state index is 12.3. The van der Waals surface area contributed by atoms with E-state index in [1.807, 2.05) is 6.07 Å². The van der Waals surface area contributed by atoms with Crippen LogP contribution in [0, 0.1) is 0 Å². The average Bonchev–Trinajstić information content (AvgIpc) is 2.75. The van der Waals surface area contributed by atoms with Crippen LogP contribution in [-0.4, -0.2) is 49.8 Å². The standard InChI is InChI=1S/C20H22N2O7S/c23-18(13-21-20(26)29-14-15-7-3-1-4-8-15)22-17(19(24)25)11-12-30(27,28)16-9-5-2-6-10-16/h1-10,17H,11-14H2,(H,21,26)(H,22,23)(H,24,25)/t17-/m0/s1. The zero-order valence-electron chi connectivity index (χ0n) is 16.0. The fraction of sp³-hybridized carbons (Fsp3) is 0.250. The quantitative estimate of drug-likeness (QED) is 0.513. The van der Waals surface area contributed by atoms with E-state index in [4.69, 9.17) is 4.74 Å². The summed E-state index contributed by atoms with van der Waals surface area (Å²) in [6.45, 7) is -0.494. The van der Waals surface area contributed by atoms with Gasteiger partial charge in [-0.25, -0.2) is 18.0 Å². The molecule has 10 heteroatoms. The molecule has 1 atom stereocenters. The van der Waals surface area contributed by atoms with E-state index >= 15 is 0 Å². The number of alkyl carbamates (subject to hydrolysis) is 1. The number of benzene rings is 2. The fourth-order valence-electron chi connectivity index (χ4n) is 2.45. The molecule has 0 aliphatic heterocycles. The molecule has 30 heavy (non-hydrogen) atoms. The third kappa shape index (κ3) is 7.55. The second-order valence-corrected chi connectivity index (χ2v) is 8.40. The van der Waals surface area contributed by atoms with E-state index in [9.17, 15) is 27.9 Å². The molecule has 0 spiro atoms. The van der Waals surface area contributed by atoms with Gasteiger partial charge in [0.05, 0.1) is 10.6 Å². The molecule has 0 aliphatic rings. The van der Waals surface area contributed by atoms with E-state index in [1.165, 1.54) is 12.1 Å². The smallest absolute Gasteiger partial charge is 0.407 e. The molecule has 2 rings (SSSR count). The Labute approximate surface area is 174 Å². The van der Waals surface area contributed by atoms with Gasteiger partial charge in [0.15, 0.2) is 9.84 Å². The van der Waals surface area contributed by atoms with Crippen molar-refractivity contribution < 1.29 is 32.6 Å². The summed E-state index contributed by atoms with van der Waals surface area (Å²) in [7, 11) is -3.69. The monoisotopic (exact) mass is 434 g/mol. The SMILES string of the molecule is O=C(CNC(=O)OCc1ccccc1)N[C@@H](CCS(=O)(=O)c1ccccc1)C(=O)O. The summed E-state index contributed by atoms with van der Waals surface area (Å²) in [6.07, 6.45) is -1.16. The maximum Gasteiger partial charge on any atom is 0.407 e. The first-order chi connectivity index (χ1) is 14.3. The van der Waals surface area contributed by atoms with Crippen molar-refractivity contribution in [2.75, 3.05) is 12.3 Å². The highest BCUT2D eigenvalue weighted by atomic mass is 32.2. The lowest BCUT2D eigenvalue weighted by molar-refractivity contribution is -0.141. The normalized spacial score (nSPS) is 11.9. The van der Waals surface area contributed by atoms with Crippen molar-refractivity contribution in [3.05, 3.63) is 66.2 Å². The number of carboxylic acid groups (broad SMARTS) is 1. The highest BCUT2D eigenvalue weighted by Gasteiger charge is 2.24. The molecule has 0 saturated carbocycles. The number of ether oxygens (including phenoxy) is 1. The van der Waals surface area contributed by atoms with Crippen LogP contribution >= 0.6 is 0 Å². The number of carboxylic acids is 1. The van der Waals surface area contributed by atoms with Crippen LogP contribution in [0.4, 0.5) is 4.79 Å². The highest BCUT2D eigenvalue weighted by molar-refractivity contribution is 7.91. The predicted octanol–water partition coefficient (Wildman–Crippen LogP) is 1.35. The molecule has 0 aliphatic carbocycles. The summed E-state index contributed by atoms with van der Waals surface area (Å²) in [5.41, 5.74) is 0.766. The van der Waals surface area contributed by atoms with Gasteiger partial charge in [-0.05, 0) is 24.1 Å². The van der Waals surface area contributed by atoms with Crippen LogP contribution in [0.5, 0.6) is 0 Å². The van der Waals surface area contributed by atoms with Crippen molar-refractivity contribution in [3.63, 3.8) is 0 Å². The average molecular weight is 434 g/mol. The summed E-state index contributed by atoms with van der Waals surface area (Å²) >= 11 is 0. The third-order valence-electron chi connectivity index (χ3n) is 4.02. The van der Waals surface area contributed by atoms with Crippen LogP contribution in [0.25, 0.3) is 0 Å². The lowest BCUT2D eigenvalue weighted by Gasteiger charge is -2.15. The topological polar surface area (TPSA) is 139 Å². The molecule has 0 aromatic heterocycles. The van der Waals surface area contributed by atoms with Crippen molar-refractivity contribution >= 4 is 27.8 Å². The van der Waals surface area contributed by atoms with Gasteiger partial charge in [-0.15, -0.1) is 0 Å². The Bertz CT molecular complexity index is 963. The van der Waals surface area contributed by atoms with Crippen LogP contribution in [0.15, 0.2) is 65.6 Å². The second kappa shape index (κ2) is 11.0. The van der Waals surface area contributed by atoms with Gasteiger partial charge in [-0.3, -0.25) is 4.79 Å². The summed E-state index contributed by atoms with van der Waals surface area (Å²) in [5.74, 6) is -2.62. The fourth-order valence-corrected chi connectivity index (χ4v) is 3.80. The van der Waals surface area contributed by atoms with Gasteiger partial charge in [0, 0.05) is 0 Å². The van der Waals surface area contributed by atoms with Crippen LogP contribution in [0.1, 0.15) is 12.0 Å². The van der Waals surface area contributed by atoms with Crippen LogP contribution in [0.2, 0.25) is 0 Å². The Morgan fingerprint density at radius 3 is 2.17 bits per heavy atom. The third-order valence-corrected chi connectivity index (χ3v) is 5.78. The molecule has 160 valence electrons. The maximum absolute atomic E-state index is 12.3. The minimum atomic E-state index is -3.69. The van der Waals surface area contributed by atoms with E-state index in [0.717, 1.165) is 5.56 Å². The van der Waals surface area contributed by atoms with Gasteiger partial charge in [-0.1, -0.05) is 48.5 Å². The van der Waals surface area contributed by atoms with Gasteiger partial charge in [0.2, 0.25) is 5.91 Å². The van der Waals surface area contributed by atoms with Crippen LogP contribution in [-0.2, 0) is 30.8 Å². The molecule has 3 N–H and O–H groups in total. The Morgan fingerprint density at radius 1 is 0.967 bits per heavy atom. The Hall–Kier alpha value is -3.40. The molecule has 0 heterocycles. The molecule has 0 radical (unpaired) electrons. The number of amides is 2. The zero-order valence-corrected chi connectivity index (χ0v) is 16.8. The number of hydrogen-bond acceptors (Lipinski definition) is 6. The van der Waals surface area contributed by atoms with E-state index in [-0.39, 0.29) is 17.9 Å². The number of nitrogens with one attached hydrogen (secondary N) is 2. The van der Waals surface area contributed by atoms with Crippen molar-refractivity contribution in [1.29, 1.82) is 0 Å². The van der Waals surface area contributed by atoms with E-state index < -0.39 is 46.1 Å². The number of carbonyl (C=O) groups excluding carboxylic acids is 2. The molecule has 2 aromatic rings. The molecule has 2 aromatic carbocycles. The number of rotatable bonds is 10. The highest BCUT2D eigenvalue weighted by Crippen LogP contribution is 2.12. The zero-order chi connectivity index (χ0) is 22.0. The van der Waals surface area contributed by atoms with E-state index in [2.05, 4.69) is 10.6 Å². The second-order valence-electron chi connectivity index (χ2n) is 6.29. The van der Waals surface area contributed by atoms with Crippen molar-refractivity contribution in [3.8, 4) is 0 Å². The van der Waals surface area contributed by atoms with E-state index in [1.54, 1.807) is 42.5 Å². The number of hydrogen-bond donors (Lipinski definition) is 3. The molecule has 9 nitrogen and oxygen atoms in total. The first kappa shape index (κ1) is 22.9. The van der Waals surface area contributed by atoms with Gasteiger partial charge >= 0.3 is 12.1 Å². The lowest BCUT2D eigenvalue weighted by Crippen LogP contribution is -2.46. The number of carbonyl (C=O) groups is 3. The summed E-state index contributed by atoms with van der Waals surface area (Å²) < 4.78 is 29.5. The molecule has 0 saturated heterocycles. The minimum Gasteiger partial charge on any atom is -0.480 e. The van der Waals surface area contributed by atoms with Crippen molar-refractivity contribution in [2.45, 2.75) is 24.0 Å². The molecule has 2 amide bonds. The number of aliphatic carboxylic acids is 1. The van der Waals surface area contributed by atoms with Gasteiger partial charge < -0.3 is 20.5 Å². The van der Waals surface area contributed by atoms with Crippen molar-refractivity contribution in [1.82, 2.24) is 10.6 Å². The minimum absolute atomic E-state index is 0.0173. The van der Waals surface area contributed by atoms with Crippen LogP contribution in [0.3, 0.4) is 0 Å². The first-order valence-electron chi connectivity index (χ1n) is 9.02. The van der Waals surface area contributed by atoms with Gasteiger partial charge in [-0.2, -0.15) is 0 Å². The number of sulfone groups is 1. The molecule has 0 unspecified atom stereocenters. The van der Waals surface area contributed by atoms with Crippen LogP contribution < -0.4 is 10.6 Å². The van der Waals surface area contributed by atoms with Gasteiger partial charge in [0.1, 0.15) is 19.2 Å². The van der Waals surface area contributed by atoms with Gasteiger partial charge in [0.25, 0.3) is 0 Å². The molecular formula is C20H22N2O7S. The van der Waals surface area contributed by atoms with E-state index in [0.29, 0.717) is 0 Å². The Morgan fingerprint density at radius 2 is 1.57 bits per heavy atom. The summed E-state index contributed by atoms with van der Waals surface area (Å²) in [5, 5.41) is 13.7. The van der Waals surface area contributed by atoms with Crippen molar-refractivity contribution in [2.24, 2.45) is 0 Å². The molecule has 0 bridgehead atoms. The largest absolute Gasteiger partial charge is 0.480 e. The lowest BCUT2D eigenvalue weighted by atomic mass is 10.2. The summed E-state index contributed by atoms with van der Waals surface area (Å²) in [6, 6.07) is 15.1. The Balaban J connectivity index is 1.79. The molecular weight excluding hydrogens is 412 g/mol. The predicted molar refractivity (Wildman–Crippen MR) is 107 cm³/mol.